The zero-order valence-electron chi connectivity index (χ0n) is 11.7. The number of nitrogens with one attached hydrogen (secondary N) is 2. The number of amides is 1. The molecule has 1 aromatic heterocycles. The predicted octanol–water partition coefficient (Wildman–Crippen LogP) is 2.06. The molecule has 1 atom stereocenters. The summed E-state index contributed by atoms with van der Waals surface area (Å²) in [6, 6.07) is 3.18. The average Bonchev–Trinajstić information content (AvgIpc) is 2.44. The normalized spacial score (nSPS) is 11.9. The highest BCUT2D eigenvalue weighted by molar-refractivity contribution is 7.84. The summed E-state index contributed by atoms with van der Waals surface area (Å²) in [5.41, 5.74) is 0.450. The maximum atomic E-state index is 12.0. The number of rotatable bonds is 8. The molecule has 112 valence electrons. The van der Waals surface area contributed by atoms with Gasteiger partial charge in [0, 0.05) is 41.0 Å². The molecule has 1 heterocycles. The lowest BCUT2D eigenvalue weighted by Crippen LogP contribution is -2.28. The third-order valence-electron chi connectivity index (χ3n) is 2.55. The van der Waals surface area contributed by atoms with E-state index in [0.717, 1.165) is 13.0 Å². The zero-order valence-corrected chi connectivity index (χ0v) is 13.3. The van der Waals surface area contributed by atoms with Crippen molar-refractivity contribution in [3.05, 3.63) is 22.8 Å². The molecule has 1 aromatic rings. The first-order valence-electron chi connectivity index (χ1n) is 6.61. The molecule has 0 bridgehead atoms. The van der Waals surface area contributed by atoms with E-state index in [2.05, 4.69) is 15.6 Å². The van der Waals surface area contributed by atoms with Crippen molar-refractivity contribution in [2.24, 2.45) is 0 Å². The number of carbonyl (C=O) groups excluding carboxylic acids is 1. The third kappa shape index (κ3) is 5.88. The molecule has 2 N–H and O–H groups in total. The SMILES string of the molecule is CCCNc1cc(C(=O)NCCS(=O)CC)cc(Cl)n1. The molecule has 20 heavy (non-hydrogen) atoms. The summed E-state index contributed by atoms with van der Waals surface area (Å²) in [5, 5.41) is 6.09. The number of nitrogens with zero attached hydrogens (tertiary/aromatic N) is 1. The molecule has 1 amide bonds. The summed E-state index contributed by atoms with van der Waals surface area (Å²) in [6.07, 6.45) is 0.957. The Morgan fingerprint density at radius 3 is 2.75 bits per heavy atom. The second kappa shape index (κ2) is 8.92. The Kier molecular flexibility index (Phi) is 7.54. The minimum Gasteiger partial charge on any atom is -0.370 e. The van der Waals surface area contributed by atoms with Gasteiger partial charge in [0.05, 0.1) is 0 Å². The number of carbonyl (C=O) groups is 1. The van der Waals surface area contributed by atoms with Gasteiger partial charge in [-0.3, -0.25) is 9.00 Å². The molecule has 0 spiro atoms. The molecule has 1 unspecified atom stereocenters. The molecule has 5 nitrogen and oxygen atoms in total. The van der Waals surface area contributed by atoms with Crippen molar-refractivity contribution in [2.75, 3.05) is 29.9 Å². The van der Waals surface area contributed by atoms with Crippen LogP contribution in [0.3, 0.4) is 0 Å². The number of halogens is 1. The summed E-state index contributed by atoms with van der Waals surface area (Å²) in [7, 11) is -0.878. The van der Waals surface area contributed by atoms with Gasteiger partial charge in [-0.1, -0.05) is 25.4 Å². The van der Waals surface area contributed by atoms with E-state index in [4.69, 9.17) is 11.6 Å². The molecule has 0 saturated heterocycles. The summed E-state index contributed by atoms with van der Waals surface area (Å²) >= 11 is 5.90. The fourth-order valence-corrected chi connectivity index (χ4v) is 2.32. The molecular formula is C13H20ClN3O2S. The van der Waals surface area contributed by atoms with E-state index in [1.54, 1.807) is 6.07 Å². The zero-order chi connectivity index (χ0) is 15.0. The number of aromatic nitrogens is 1. The van der Waals surface area contributed by atoms with Gasteiger partial charge in [0.25, 0.3) is 5.91 Å². The fraction of sp³-hybridized carbons (Fsp3) is 0.538. The van der Waals surface area contributed by atoms with Gasteiger partial charge < -0.3 is 10.6 Å². The lowest BCUT2D eigenvalue weighted by molar-refractivity contribution is 0.0956. The van der Waals surface area contributed by atoms with Crippen molar-refractivity contribution in [1.82, 2.24) is 10.3 Å². The second-order valence-electron chi connectivity index (χ2n) is 4.18. The van der Waals surface area contributed by atoms with Crippen molar-refractivity contribution in [3.63, 3.8) is 0 Å². The van der Waals surface area contributed by atoms with Crippen LogP contribution in [0.5, 0.6) is 0 Å². The summed E-state index contributed by atoms with van der Waals surface area (Å²) in [5.74, 6) is 1.41. The topological polar surface area (TPSA) is 71.1 Å². The van der Waals surface area contributed by atoms with Gasteiger partial charge in [-0.15, -0.1) is 0 Å². The maximum absolute atomic E-state index is 12.0. The van der Waals surface area contributed by atoms with Gasteiger partial charge in [-0.05, 0) is 18.6 Å². The first-order chi connectivity index (χ1) is 9.56. The Bertz CT molecular complexity index is 483. The summed E-state index contributed by atoms with van der Waals surface area (Å²) < 4.78 is 11.3. The third-order valence-corrected chi connectivity index (χ3v) is 4.05. The number of hydrogen-bond acceptors (Lipinski definition) is 4. The number of hydrogen-bond donors (Lipinski definition) is 2. The summed E-state index contributed by atoms with van der Waals surface area (Å²) in [6.45, 7) is 5.05. The van der Waals surface area contributed by atoms with E-state index in [9.17, 15) is 9.00 Å². The van der Waals surface area contributed by atoms with E-state index in [0.29, 0.717) is 29.4 Å². The highest BCUT2D eigenvalue weighted by atomic mass is 35.5. The van der Waals surface area contributed by atoms with Crippen LogP contribution in [-0.2, 0) is 10.8 Å². The van der Waals surface area contributed by atoms with Crippen molar-refractivity contribution in [3.8, 4) is 0 Å². The van der Waals surface area contributed by atoms with Crippen molar-refractivity contribution in [2.45, 2.75) is 20.3 Å². The molecule has 0 aliphatic carbocycles. The molecule has 0 radical (unpaired) electrons. The van der Waals surface area contributed by atoms with E-state index in [1.165, 1.54) is 6.07 Å². The van der Waals surface area contributed by atoms with Crippen LogP contribution in [-0.4, -0.2) is 39.7 Å². The Morgan fingerprint density at radius 1 is 1.35 bits per heavy atom. The highest BCUT2D eigenvalue weighted by Gasteiger charge is 2.09. The van der Waals surface area contributed by atoms with E-state index in [1.807, 2.05) is 13.8 Å². The van der Waals surface area contributed by atoms with Crippen LogP contribution < -0.4 is 10.6 Å². The maximum Gasteiger partial charge on any atom is 0.251 e. The molecule has 1 rings (SSSR count). The Morgan fingerprint density at radius 2 is 2.10 bits per heavy atom. The Balaban J connectivity index is 2.62. The van der Waals surface area contributed by atoms with Crippen LogP contribution in [0.4, 0.5) is 5.82 Å². The van der Waals surface area contributed by atoms with E-state index >= 15 is 0 Å². The fourth-order valence-electron chi connectivity index (χ4n) is 1.50. The molecule has 0 saturated carbocycles. The molecule has 0 aliphatic heterocycles. The largest absolute Gasteiger partial charge is 0.370 e. The monoisotopic (exact) mass is 317 g/mol. The Labute approximate surface area is 127 Å². The minimum absolute atomic E-state index is 0.234. The highest BCUT2D eigenvalue weighted by Crippen LogP contribution is 2.14. The summed E-state index contributed by atoms with van der Waals surface area (Å²) in [4.78, 5) is 16.1. The Hall–Kier alpha value is -1.14. The van der Waals surface area contributed by atoms with Crippen LogP contribution in [0, 0.1) is 0 Å². The van der Waals surface area contributed by atoms with Crippen LogP contribution in [0.15, 0.2) is 12.1 Å². The van der Waals surface area contributed by atoms with Crippen LogP contribution in [0.2, 0.25) is 5.15 Å². The lowest BCUT2D eigenvalue weighted by atomic mass is 10.2. The van der Waals surface area contributed by atoms with Gasteiger partial charge in [0.1, 0.15) is 11.0 Å². The van der Waals surface area contributed by atoms with Gasteiger partial charge in [0.2, 0.25) is 0 Å². The smallest absolute Gasteiger partial charge is 0.251 e. The van der Waals surface area contributed by atoms with Gasteiger partial charge in [0.15, 0.2) is 0 Å². The standard InChI is InChI=1S/C13H20ClN3O2S/c1-3-5-15-12-9-10(8-11(14)17-12)13(18)16-6-7-20(19)4-2/h8-9H,3-7H2,1-2H3,(H,15,17)(H,16,18). The molecule has 0 fully saturated rings. The molecule has 7 heteroatoms. The van der Waals surface area contributed by atoms with Gasteiger partial charge in [-0.25, -0.2) is 4.98 Å². The van der Waals surface area contributed by atoms with Gasteiger partial charge in [-0.2, -0.15) is 0 Å². The van der Waals surface area contributed by atoms with E-state index < -0.39 is 10.8 Å². The van der Waals surface area contributed by atoms with Crippen LogP contribution in [0.1, 0.15) is 30.6 Å². The first-order valence-corrected chi connectivity index (χ1v) is 8.48. The molecule has 0 aromatic carbocycles. The minimum atomic E-state index is -0.878. The lowest BCUT2D eigenvalue weighted by Gasteiger charge is -2.08. The molecule has 0 aliphatic rings. The van der Waals surface area contributed by atoms with Crippen molar-refractivity contribution < 1.29 is 9.00 Å². The number of anilines is 1. The van der Waals surface area contributed by atoms with Crippen LogP contribution >= 0.6 is 11.6 Å². The van der Waals surface area contributed by atoms with Crippen molar-refractivity contribution >= 4 is 34.1 Å². The first kappa shape index (κ1) is 16.9. The average molecular weight is 318 g/mol. The quantitative estimate of drug-likeness (QED) is 0.720. The van der Waals surface area contributed by atoms with Crippen molar-refractivity contribution in [1.29, 1.82) is 0 Å². The number of pyridine rings is 1. The van der Waals surface area contributed by atoms with Gasteiger partial charge >= 0.3 is 0 Å². The van der Waals surface area contributed by atoms with Crippen LogP contribution in [0.25, 0.3) is 0 Å². The second-order valence-corrected chi connectivity index (χ2v) is 6.43. The predicted molar refractivity (Wildman–Crippen MR) is 83.9 cm³/mol. The van der Waals surface area contributed by atoms with E-state index in [-0.39, 0.29) is 11.1 Å². The molecular weight excluding hydrogens is 298 g/mol.